The maximum absolute atomic E-state index is 12.4. The first kappa shape index (κ1) is 15.4. The van der Waals surface area contributed by atoms with Crippen LogP contribution in [0.3, 0.4) is 0 Å². The number of nitrogens with one attached hydrogen (secondary N) is 1. The maximum Gasteiger partial charge on any atom is 0.287 e. The summed E-state index contributed by atoms with van der Waals surface area (Å²) < 4.78 is 10.8. The smallest absolute Gasteiger partial charge is 0.287 e. The highest BCUT2D eigenvalue weighted by atomic mass is 35.5. The second-order valence-electron chi connectivity index (χ2n) is 5.20. The van der Waals surface area contributed by atoms with Gasteiger partial charge in [0.25, 0.3) is 5.91 Å². The first-order valence-corrected chi connectivity index (χ1v) is 7.56. The van der Waals surface area contributed by atoms with Crippen molar-refractivity contribution in [2.45, 2.75) is 13.5 Å². The van der Waals surface area contributed by atoms with E-state index in [1.807, 2.05) is 43.3 Å². The molecule has 2 aromatic carbocycles. The summed E-state index contributed by atoms with van der Waals surface area (Å²) in [5, 5.41) is 4.21. The quantitative estimate of drug-likeness (QED) is 0.775. The lowest BCUT2D eigenvalue weighted by atomic mass is 10.1. The normalized spacial score (nSPS) is 10.7. The van der Waals surface area contributed by atoms with Gasteiger partial charge in [0.1, 0.15) is 5.75 Å². The van der Waals surface area contributed by atoms with E-state index in [2.05, 4.69) is 5.32 Å². The molecule has 118 valence electrons. The van der Waals surface area contributed by atoms with E-state index in [-0.39, 0.29) is 5.91 Å². The van der Waals surface area contributed by atoms with Gasteiger partial charge >= 0.3 is 0 Å². The highest BCUT2D eigenvalue weighted by Gasteiger charge is 2.18. The molecule has 1 amide bonds. The van der Waals surface area contributed by atoms with Gasteiger partial charge in [0.2, 0.25) is 0 Å². The fourth-order valence-corrected chi connectivity index (χ4v) is 2.64. The summed E-state index contributed by atoms with van der Waals surface area (Å²) >= 11 is 6.11. The van der Waals surface area contributed by atoms with Gasteiger partial charge < -0.3 is 14.5 Å². The van der Waals surface area contributed by atoms with Crippen LogP contribution in [0.25, 0.3) is 11.0 Å². The number of para-hydroxylation sites is 1. The van der Waals surface area contributed by atoms with Crippen LogP contribution < -0.4 is 10.1 Å². The molecule has 0 aliphatic carbocycles. The summed E-state index contributed by atoms with van der Waals surface area (Å²) in [5.41, 5.74) is 2.31. The number of ether oxygens (including phenoxy) is 1. The molecule has 1 aromatic heterocycles. The molecule has 0 bridgehead atoms. The number of aryl methyl sites for hydroxylation is 1. The van der Waals surface area contributed by atoms with Crippen LogP contribution in [0, 0.1) is 6.92 Å². The number of halogens is 1. The average Bonchev–Trinajstić information content (AvgIpc) is 2.92. The summed E-state index contributed by atoms with van der Waals surface area (Å²) in [6, 6.07) is 13.0. The first-order chi connectivity index (χ1) is 11.1. The number of furan rings is 1. The van der Waals surface area contributed by atoms with E-state index in [1.54, 1.807) is 13.2 Å². The van der Waals surface area contributed by atoms with E-state index in [0.717, 1.165) is 22.3 Å². The second kappa shape index (κ2) is 6.34. The molecule has 23 heavy (non-hydrogen) atoms. The molecule has 1 heterocycles. The Morgan fingerprint density at radius 2 is 1.96 bits per heavy atom. The SMILES string of the molecule is COc1ccc(CNC(=O)c2oc3c(Cl)cccc3c2C)cc1. The zero-order valence-electron chi connectivity index (χ0n) is 12.9. The fraction of sp³-hybridized carbons (Fsp3) is 0.167. The monoisotopic (exact) mass is 329 g/mol. The molecule has 0 radical (unpaired) electrons. The van der Waals surface area contributed by atoms with Crippen LogP contribution in [0.15, 0.2) is 46.9 Å². The number of carbonyl (C=O) groups is 1. The minimum atomic E-state index is -0.259. The third-order valence-corrected chi connectivity index (χ3v) is 4.03. The maximum atomic E-state index is 12.4. The number of hydrogen-bond acceptors (Lipinski definition) is 3. The molecule has 0 spiro atoms. The van der Waals surface area contributed by atoms with Crippen molar-refractivity contribution in [3.8, 4) is 5.75 Å². The van der Waals surface area contributed by atoms with Gasteiger partial charge in [-0.05, 0) is 30.7 Å². The highest BCUT2D eigenvalue weighted by molar-refractivity contribution is 6.35. The zero-order chi connectivity index (χ0) is 16.4. The second-order valence-corrected chi connectivity index (χ2v) is 5.61. The van der Waals surface area contributed by atoms with E-state index in [0.29, 0.717) is 22.9 Å². The molecule has 0 saturated heterocycles. The van der Waals surface area contributed by atoms with Crippen molar-refractivity contribution < 1.29 is 13.9 Å². The van der Waals surface area contributed by atoms with Crippen LogP contribution in [0.4, 0.5) is 0 Å². The van der Waals surface area contributed by atoms with Crippen molar-refractivity contribution in [1.29, 1.82) is 0 Å². The fourth-order valence-electron chi connectivity index (χ4n) is 2.43. The van der Waals surface area contributed by atoms with Gasteiger partial charge in [-0.25, -0.2) is 0 Å². The van der Waals surface area contributed by atoms with Gasteiger partial charge in [0.05, 0.1) is 12.1 Å². The molecule has 3 aromatic rings. The summed E-state index contributed by atoms with van der Waals surface area (Å²) in [4.78, 5) is 12.4. The molecule has 0 aliphatic heterocycles. The lowest BCUT2D eigenvalue weighted by Gasteiger charge is -2.05. The Morgan fingerprint density at radius 1 is 1.22 bits per heavy atom. The molecular weight excluding hydrogens is 314 g/mol. The number of methoxy groups -OCH3 is 1. The van der Waals surface area contributed by atoms with E-state index in [4.69, 9.17) is 20.8 Å². The number of hydrogen-bond donors (Lipinski definition) is 1. The Balaban J connectivity index is 1.78. The number of fused-ring (bicyclic) bond motifs is 1. The van der Waals surface area contributed by atoms with Gasteiger partial charge in [-0.1, -0.05) is 35.9 Å². The minimum Gasteiger partial charge on any atom is -0.497 e. The van der Waals surface area contributed by atoms with Crippen LogP contribution in [0.1, 0.15) is 21.7 Å². The van der Waals surface area contributed by atoms with Crippen molar-refractivity contribution in [1.82, 2.24) is 5.32 Å². The predicted molar refractivity (Wildman–Crippen MR) is 90.1 cm³/mol. The molecular formula is C18H16ClNO3. The molecule has 0 atom stereocenters. The molecule has 0 aliphatic rings. The molecule has 3 rings (SSSR count). The number of rotatable bonds is 4. The summed E-state index contributed by atoms with van der Waals surface area (Å²) in [7, 11) is 1.62. The standard InChI is InChI=1S/C18H16ClNO3/c1-11-14-4-3-5-15(19)17(14)23-16(11)18(21)20-10-12-6-8-13(22-2)9-7-12/h3-9H,10H2,1-2H3,(H,20,21). The molecule has 5 heteroatoms. The van der Waals surface area contributed by atoms with Crippen LogP contribution >= 0.6 is 11.6 Å². The Labute approximate surface area is 139 Å². The van der Waals surface area contributed by atoms with Crippen LogP contribution in [-0.4, -0.2) is 13.0 Å². The Bertz CT molecular complexity index is 853. The van der Waals surface area contributed by atoms with Crippen LogP contribution in [0.5, 0.6) is 5.75 Å². The van der Waals surface area contributed by atoms with E-state index < -0.39 is 0 Å². The van der Waals surface area contributed by atoms with Crippen molar-refractivity contribution in [3.05, 3.63) is 64.4 Å². The molecule has 0 saturated carbocycles. The largest absolute Gasteiger partial charge is 0.497 e. The van der Waals surface area contributed by atoms with Crippen molar-refractivity contribution in [3.63, 3.8) is 0 Å². The number of benzene rings is 2. The molecule has 0 fully saturated rings. The lowest BCUT2D eigenvalue weighted by Crippen LogP contribution is -2.22. The zero-order valence-corrected chi connectivity index (χ0v) is 13.6. The van der Waals surface area contributed by atoms with Crippen LogP contribution in [0.2, 0.25) is 5.02 Å². The predicted octanol–water partition coefficient (Wildman–Crippen LogP) is 4.33. The molecule has 1 N–H and O–H groups in total. The summed E-state index contributed by atoms with van der Waals surface area (Å²) in [6.45, 7) is 2.26. The van der Waals surface area contributed by atoms with Gasteiger partial charge in [0.15, 0.2) is 11.3 Å². The van der Waals surface area contributed by atoms with E-state index in [9.17, 15) is 4.79 Å². The van der Waals surface area contributed by atoms with Crippen molar-refractivity contribution >= 4 is 28.5 Å². The van der Waals surface area contributed by atoms with E-state index >= 15 is 0 Å². The number of amides is 1. The third kappa shape index (κ3) is 3.03. The lowest BCUT2D eigenvalue weighted by molar-refractivity contribution is 0.0924. The first-order valence-electron chi connectivity index (χ1n) is 7.19. The summed E-state index contributed by atoms with van der Waals surface area (Å²) in [5.74, 6) is 0.815. The van der Waals surface area contributed by atoms with Gasteiger partial charge in [-0.3, -0.25) is 4.79 Å². The average molecular weight is 330 g/mol. The highest BCUT2D eigenvalue weighted by Crippen LogP contribution is 2.30. The van der Waals surface area contributed by atoms with Gasteiger partial charge in [-0.15, -0.1) is 0 Å². The van der Waals surface area contributed by atoms with Gasteiger partial charge in [-0.2, -0.15) is 0 Å². The molecule has 0 unspecified atom stereocenters. The van der Waals surface area contributed by atoms with Gasteiger partial charge in [0, 0.05) is 17.5 Å². The number of carbonyl (C=O) groups excluding carboxylic acids is 1. The third-order valence-electron chi connectivity index (χ3n) is 3.73. The molecule has 4 nitrogen and oxygen atoms in total. The topological polar surface area (TPSA) is 51.5 Å². The Hall–Kier alpha value is -2.46. The minimum absolute atomic E-state index is 0.259. The Morgan fingerprint density at radius 3 is 2.61 bits per heavy atom. The summed E-state index contributed by atoms with van der Waals surface area (Å²) in [6.07, 6.45) is 0. The van der Waals surface area contributed by atoms with E-state index in [1.165, 1.54) is 0 Å². The van der Waals surface area contributed by atoms with Crippen LogP contribution in [-0.2, 0) is 6.54 Å². The Kier molecular flexibility index (Phi) is 4.26. The van der Waals surface area contributed by atoms with Crippen molar-refractivity contribution in [2.24, 2.45) is 0 Å². The van der Waals surface area contributed by atoms with Crippen molar-refractivity contribution in [2.75, 3.05) is 7.11 Å².